The first-order chi connectivity index (χ1) is 6.42. The second-order valence-electron chi connectivity index (χ2n) is 3.59. The second kappa shape index (κ2) is 3.94. The SMILES string of the molecule is CCCn1nnc2c1C[B]CCC2. The van der Waals surface area contributed by atoms with Crippen LogP contribution in [0.4, 0.5) is 0 Å². The lowest BCUT2D eigenvalue weighted by Gasteiger charge is -2.02. The van der Waals surface area contributed by atoms with Gasteiger partial charge in [-0.25, -0.2) is 4.68 Å². The third kappa shape index (κ3) is 1.76. The standard InChI is InChI=1S/C9H15BN3/c1-2-6-13-9-7-10-5-3-4-8(9)11-12-13/h2-7H2,1H3. The van der Waals surface area contributed by atoms with Crippen LogP contribution in [0, 0.1) is 0 Å². The molecule has 0 aromatic carbocycles. The molecule has 0 unspecified atom stereocenters. The molecular weight excluding hydrogens is 161 g/mol. The third-order valence-electron chi connectivity index (χ3n) is 2.51. The average molecular weight is 176 g/mol. The summed E-state index contributed by atoms with van der Waals surface area (Å²) >= 11 is 0. The first-order valence-corrected chi connectivity index (χ1v) is 5.14. The maximum absolute atomic E-state index is 4.23. The van der Waals surface area contributed by atoms with Gasteiger partial charge in [0.25, 0.3) is 0 Å². The minimum Gasteiger partial charge on any atom is -0.250 e. The van der Waals surface area contributed by atoms with Crippen LogP contribution in [0.3, 0.4) is 0 Å². The van der Waals surface area contributed by atoms with Gasteiger partial charge in [0, 0.05) is 6.54 Å². The van der Waals surface area contributed by atoms with Gasteiger partial charge in [0.15, 0.2) is 0 Å². The molecule has 0 saturated heterocycles. The molecule has 0 amide bonds. The average Bonchev–Trinajstić information content (AvgIpc) is 2.38. The van der Waals surface area contributed by atoms with Gasteiger partial charge < -0.3 is 0 Å². The Hall–Kier alpha value is -0.795. The Bertz CT molecular complexity index is 282. The smallest absolute Gasteiger partial charge is 0.117 e. The van der Waals surface area contributed by atoms with Crippen LogP contribution in [0.1, 0.15) is 31.2 Å². The maximum atomic E-state index is 4.23. The number of aryl methyl sites for hydroxylation is 2. The summed E-state index contributed by atoms with van der Waals surface area (Å²) in [5.41, 5.74) is 2.57. The first-order valence-electron chi connectivity index (χ1n) is 5.14. The highest BCUT2D eigenvalue weighted by molar-refractivity contribution is 6.34. The highest BCUT2D eigenvalue weighted by Crippen LogP contribution is 2.14. The van der Waals surface area contributed by atoms with Crippen LogP contribution in [0.5, 0.6) is 0 Å². The summed E-state index contributed by atoms with van der Waals surface area (Å²) in [5.74, 6) is 0. The zero-order valence-corrected chi connectivity index (χ0v) is 8.16. The predicted molar refractivity (Wildman–Crippen MR) is 52.9 cm³/mol. The van der Waals surface area contributed by atoms with Crippen LogP contribution in [-0.4, -0.2) is 22.3 Å². The van der Waals surface area contributed by atoms with Gasteiger partial charge in [0.1, 0.15) is 7.28 Å². The minimum absolute atomic E-state index is 1.01. The minimum atomic E-state index is 1.01. The van der Waals surface area contributed by atoms with Crippen LogP contribution in [-0.2, 0) is 19.3 Å². The number of rotatable bonds is 2. The van der Waals surface area contributed by atoms with Crippen molar-refractivity contribution in [2.75, 3.05) is 0 Å². The molecule has 13 heavy (non-hydrogen) atoms. The van der Waals surface area contributed by atoms with E-state index in [1.807, 2.05) is 0 Å². The summed E-state index contributed by atoms with van der Waals surface area (Å²) in [7, 11) is 2.35. The van der Waals surface area contributed by atoms with Gasteiger partial charge in [0.2, 0.25) is 0 Å². The van der Waals surface area contributed by atoms with E-state index in [1.165, 1.54) is 24.1 Å². The normalized spacial score (nSPS) is 16.1. The Morgan fingerprint density at radius 2 is 2.46 bits per heavy atom. The highest BCUT2D eigenvalue weighted by Gasteiger charge is 2.14. The van der Waals surface area contributed by atoms with Crippen molar-refractivity contribution < 1.29 is 0 Å². The fourth-order valence-corrected chi connectivity index (χ4v) is 1.83. The highest BCUT2D eigenvalue weighted by atomic mass is 15.4. The molecule has 1 radical (unpaired) electrons. The van der Waals surface area contributed by atoms with Crippen LogP contribution >= 0.6 is 0 Å². The first kappa shape index (κ1) is 8.79. The molecule has 1 aliphatic heterocycles. The summed E-state index contributed by atoms with van der Waals surface area (Å²) in [4.78, 5) is 0. The molecule has 0 spiro atoms. The number of nitrogens with zero attached hydrogens (tertiary/aromatic N) is 3. The molecule has 2 rings (SSSR count). The Labute approximate surface area is 79.8 Å². The van der Waals surface area contributed by atoms with E-state index in [-0.39, 0.29) is 0 Å². The van der Waals surface area contributed by atoms with Crippen molar-refractivity contribution in [3.8, 4) is 0 Å². The van der Waals surface area contributed by atoms with Crippen molar-refractivity contribution in [2.24, 2.45) is 0 Å². The molecule has 3 nitrogen and oxygen atoms in total. The van der Waals surface area contributed by atoms with Crippen molar-refractivity contribution >= 4 is 7.28 Å². The van der Waals surface area contributed by atoms with E-state index in [1.54, 1.807) is 0 Å². The van der Waals surface area contributed by atoms with Gasteiger partial charge in [-0.1, -0.05) is 24.9 Å². The number of hydrogen-bond acceptors (Lipinski definition) is 2. The van der Waals surface area contributed by atoms with E-state index in [9.17, 15) is 0 Å². The Kier molecular flexibility index (Phi) is 2.66. The van der Waals surface area contributed by atoms with Crippen LogP contribution in [0.25, 0.3) is 0 Å². The molecule has 2 heterocycles. The Morgan fingerprint density at radius 1 is 1.54 bits per heavy atom. The molecule has 0 saturated carbocycles. The molecule has 1 aromatic heterocycles. The Morgan fingerprint density at radius 3 is 3.31 bits per heavy atom. The van der Waals surface area contributed by atoms with E-state index < -0.39 is 0 Å². The van der Waals surface area contributed by atoms with Gasteiger partial charge in [-0.05, 0) is 19.2 Å². The molecule has 69 valence electrons. The van der Waals surface area contributed by atoms with Crippen LogP contribution in [0.2, 0.25) is 6.32 Å². The van der Waals surface area contributed by atoms with Gasteiger partial charge in [0.05, 0.1) is 11.4 Å². The fraction of sp³-hybridized carbons (Fsp3) is 0.778. The van der Waals surface area contributed by atoms with Crippen molar-refractivity contribution in [1.29, 1.82) is 0 Å². The lowest BCUT2D eigenvalue weighted by Crippen LogP contribution is -2.07. The summed E-state index contributed by atoms with van der Waals surface area (Å²) < 4.78 is 2.07. The lowest BCUT2D eigenvalue weighted by atomic mass is 9.70. The molecule has 0 aliphatic carbocycles. The van der Waals surface area contributed by atoms with Crippen molar-refractivity contribution in [3.63, 3.8) is 0 Å². The Balaban J connectivity index is 2.23. The summed E-state index contributed by atoms with van der Waals surface area (Å²) in [6.07, 6.45) is 5.76. The van der Waals surface area contributed by atoms with E-state index in [0.29, 0.717) is 0 Å². The second-order valence-corrected chi connectivity index (χ2v) is 3.59. The van der Waals surface area contributed by atoms with Gasteiger partial charge >= 0.3 is 0 Å². The quantitative estimate of drug-likeness (QED) is 0.635. The third-order valence-corrected chi connectivity index (χ3v) is 2.51. The summed E-state index contributed by atoms with van der Waals surface area (Å²) in [6, 6.07) is 0. The number of aromatic nitrogens is 3. The number of fused-ring (bicyclic) bond motifs is 1. The van der Waals surface area contributed by atoms with Crippen molar-refractivity contribution in [1.82, 2.24) is 15.0 Å². The summed E-state index contributed by atoms with van der Waals surface area (Å²) in [5, 5.41) is 8.40. The molecule has 1 aliphatic rings. The number of hydrogen-bond donors (Lipinski definition) is 0. The lowest BCUT2D eigenvalue weighted by molar-refractivity contribution is 0.563. The van der Waals surface area contributed by atoms with Crippen molar-refractivity contribution in [2.45, 2.75) is 45.4 Å². The van der Waals surface area contributed by atoms with Gasteiger partial charge in [-0.3, -0.25) is 0 Å². The predicted octanol–water partition coefficient (Wildman–Crippen LogP) is 1.26. The van der Waals surface area contributed by atoms with E-state index in [0.717, 1.165) is 25.7 Å². The van der Waals surface area contributed by atoms with Gasteiger partial charge in [-0.15, -0.1) is 5.10 Å². The molecule has 4 heteroatoms. The van der Waals surface area contributed by atoms with E-state index in [4.69, 9.17) is 0 Å². The molecule has 0 N–H and O–H groups in total. The summed E-state index contributed by atoms with van der Waals surface area (Å²) in [6.45, 7) is 3.19. The topological polar surface area (TPSA) is 30.7 Å². The maximum Gasteiger partial charge on any atom is 0.117 e. The monoisotopic (exact) mass is 176 g/mol. The molecule has 0 atom stereocenters. The van der Waals surface area contributed by atoms with Crippen molar-refractivity contribution in [3.05, 3.63) is 11.4 Å². The molecule has 1 aromatic rings. The zero-order chi connectivity index (χ0) is 9.10. The molecule has 0 bridgehead atoms. The molecular formula is C9H15BN3. The fourth-order valence-electron chi connectivity index (χ4n) is 1.83. The van der Waals surface area contributed by atoms with E-state index >= 15 is 0 Å². The largest absolute Gasteiger partial charge is 0.250 e. The zero-order valence-electron chi connectivity index (χ0n) is 8.16. The van der Waals surface area contributed by atoms with Crippen LogP contribution < -0.4 is 0 Å². The van der Waals surface area contributed by atoms with Gasteiger partial charge in [-0.2, -0.15) is 0 Å². The molecule has 0 fully saturated rings. The van der Waals surface area contributed by atoms with E-state index in [2.05, 4.69) is 29.2 Å². The van der Waals surface area contributed by atoms with Crippen LogP contribution in [0.15, 0.2) is 0 Å².